The first-order chi connectivity index (χ1) is 17.3. The van der Waals surface area contributed by atoms with Gasteiger partial charge in [-0.1, -0.05) is 59.6 Å². The number of nitrogens with zero attached hydrogens (tertiary/aromatic N) is 2. The van der Waals surface area contributed by atoms with Gasteiger partial charge in [-0.25, -0.2) is 4.79 Å². The number of carbonyl (C=O) groups excluding carboxylic acids is 1. The molecule has 0 fully saturated rings. The normalized spacial score (nSPS) is 10.9. The van der Waals surface area contributed by atoms with Crippen LogP contribution in [0.4, 0.5) is 0 Å². The van der Waals surface area contributed by atoms with Crippen molar-refractivity contribution in [2.45, 2.75) is 26.6 Å². The Morgan fingerprint density at radius 3 is 2.28 bits per heavy atom. The van der Waals surface area contributed by atoms with Crippen LogP contribution < -0.4 is 26.0 Å². The average Bonchev–Trinajstić information content (AvgIpc) is 2.89. The molecule has 0 saturated heterocycles. The molecule has 0 saturated carbocycles. The van der Waals surface area contributed by atoms with Gasteiger partial charge in [-0.15, -0.1) is 0 Å². The fourth-order valence-electron chi connectivity index (χ4n) is 3.94. The van der Waals surface area contributed by atoms with E-state index in [-0.39, 0.29) is 29.9 Å². The Labute approximate surface area is 212 Å². The number of aryl methyl sites for hydroxylation is 1. The number of ether oxygens (including phenoxy) is 2. The summed E-state index contributed by atoms with van der Waals surface area (Å²) in [4.78, 5) is 39.9. The zero-order valence-corrected chi connectivity index (χ0v) is 21.0. The smallest absolute Gasteiger partial charge is 0.332 e. The Hall–Kier alpha value is -4.04. The molecule has 0 aliphatic heterocycles. The van der Waals surface area contributed by atoms with Crippen molar-refractivity contribution in [1.82, 2.24) is 14.5 Å². The average molecular weight is 508 g/mol. The van der Waals surface area contributed by atoms with Crippen molar-refractivity contribution >= 4 is 28.4 Å². The Bertz CT molecular complexity index is 1540. The molecule has 8 nitrogen and oxygen atoms in total. The molecule has 3 aromatic carbocycles. The Morgan fingerprint density at radius 1 is 0.944 bits per heavy atom. The molecule has 0 aliphatic carbocycles. The second-order valence-electron chi connectivity index (χ2n) is 8.34. The molecule has 4 rings (SSSR count). The van der Waals surface area contributed by atoms with Crippen LogP contribution in [-0.2, 0) is 24.4 Å². The van der Waals surface area contributed by atoms with Gasteiger partial charge in [0.15, 0.2) is 11.5 Å². The summed E-state index contributed by atoms with van der Waals surface area (Å²) in [6, 6.07) is 17.8. The van der Waals surface area contributed by atoms with Gasteiger partial charge in [0.2, 0.25) is 5.91 Å². The Balaban J connectivity index is 1.79. The maximum absolute atomic E-state index is 13.6. The van der Waals surface area contributed by atoms with Crippen molar-refractivity contribution in [3.8, 4) is 11.5 Å². The number of halogens is 1. The highest BCUT2D eigenvalue weighted by atomic mass is 35.5. The first kappa shape index (κ1) is 25.1. The fraction of sp³-hybridized carbons (Fsp3) is 0.222. The maximum Gasteiger partial charge on any atom is 0.332 e. The zero-order valence-electron chi connectivity index (χ0n) is 20.2. The molecule has 36 heavy (non-hydrogen) atoms. The van der Waals surface area contributed by atoms with E-state index < -0.39 is 11.2 Å². The number of hydrogen-bond acceptors (Lipinski definition) is 5. The van der Waals surface area contributed by atoms with Crippen LogP contribution in [0.5, 0.6) is 11.5 Å². The molecular weight excluding hydrogens is 482 g/mol. The predicted molar refractivity (Wildman–Crippen MR) is 139 cm³/mol. The first-order valence-electron chi connectivity index (χ1n) is 11.3. The molecule has 0 radical (unpaired) electrons. The molecule has 4 aromatic rings. The number of amides is 1. The Morgan fingerprint density at radius 2 is 1.61 bits per heavy atom. The van der Waals surface area contributed by atoms with Crippen molar-refractivity contribution < 1.29 is 14.3 Å². The SMILES string of the molecule is COc1cc2c(=O)n(Cc3ccccc3Cl)c(=O)n(CC(=O)NCc3ccc(C)cc3)c2cc1OC. The predicted octanol–water partition coefficient (Wildman–Crippen LogP) is 3.51. The number of rotatable bonds is 8. The molecule has 0 atom stereocenters. The lowest BCUT2D eigenvalue weighted by atomic mass is 10.1. The third-order valence-corrected chi connectivity index (χ3v) is 6.30. The lowest BCUT2D eigenvalue weighted by molar-refractivity contribution is -0.121. The second kappa shape index (κ2) is 10.7. The van der Waals surface area contributed by atoms with Crippen LogP contribution in [0, 0.1) is 6.92 Å². The first-order valence-corrected chi connectivity index (χ1v) is 11.6. The number of methoxy groups -OCH3 is 2. The highest BCUT2D eigenvalue weighted by Crippen LogP contribution is 2.30. The van der Waals surface area contributed by atoms with Gasteiger partial charge >= 0.3 is 5.69 Å². The summed E-state index contributed by atoms with van der Waals surface area (Å²) < 4.78 is 13.1. The van der Waals surface area contributed by atoms with Crippen LogP contribution in [0.3, 0.4) is 0 Å². The molecule has 0 spiro atoms. The van der Waals surface area contributed by atoms with E-state index >= 15 is 0 Å². The summed E-state index contributed by atoms with van der Waals surface area (Å²) in [7, 11) is 2.92. The maximum atomic E-state index is 13.6. The summed E-state index contributed by atoms with van der Waals surface area (Å²) in [5.41, 5.74) is 1.77. The number of nitrogens with one attached hydrogen (secondary N) is 1. The highest BCUT2D eigenvalue weighted by Gasteiger charge is 2.19. The van der Waals surface area contributed by atoms with E-state index in [1.54, 1.807) is 24.3 Å². The molecule has 9 heteroatoms. The number of hydrogen-bond donors (Lipinski definition) is 1. The summed E-state index contributed by atoms with van der Waals surface area (Å²) in [6.07, 6.45) is 0. The molecule has 0 aliphatic rings. The fourth-order valence-corrected chi connectivity index (χ4v) is 4.13. The summed E-state index contributed by atoms with van der Waals surface area (Å²) in [5, 5.41) is 3.48. The minimum absolute atomic E-state index is 0.0490. The molecule has 0 unspecified atom stereocenters. The van der Waals surface area contributed by atoms with E-state index in [9.17, 15) is 14.4 Å². The van der Waals surface area contributed by atoms with Crippen LogP contribution in [0.2, 0.25) is 5.02 Å². The van der Waals surface area contributed by atoms with Crippen molar-refractivity contribution in [2.75, 3.05) is 14.2 Å². The molecule has 1 heterocycles. The van der Waals surface area contributed by atoms with E-state index in [4.69, 9.17) is 21.1 Å². The van der Waals surface area contributed by atoms with E-state index in [1.165, 1.54) is 30.9 Å². The third kappa shape index (κ3) is 5.13. The highest BCUT2D eigenvalue weighted by molar-refractivity contribution is 6.31. The van der Waals surface area contributed by atoms with E-state index in [0.717, 1.165) is 15.7 Å². The van der Waals surface area contributed by atoms with Gasteiger partial charge in [0.05, 0.1) is 31.7 Å². The van der Waals surface area contributed by atoms with Crippen LogP contribution in [0.15, 0.2) is 70.3 Å². The monoisotopic (exact) mass is 507 g/mol. The Kier molecular flexibility index (Phi) is 7.45. The summed E-state index contributed by atoms with van der Waals surface area (Å²) in [6.45, 7) is 1.95. The summed E-state index contributed by atoms with van der Waals surface area (Å²) in [5.74, 6) is 0.290. The van der Waals surface area contributed by atoms with Crippen molar-refractivity contribution in [2.24, 2.45) is 0 Å². The van der Waals surface area contributed by atoms with Gasteiger partial charge in [-0.3, -0.25) is 18.7 Å². The van der Waals surface area contributed by atoms with Gasteiger partial charge in [0.1, 0.15) is 6.54 Å². The van der Waals surface area contributed by atoms with Crippen LogP contribution in [0.25, 0.3) is 10.9 Å². The van der Waals surface area contributed by atoms with Crippen LogP contribution in [-0.4, -0.2) is 29.3 Å². The second-order valence-corrected chi connectivity index (χ2v) is 8.75. The van der Waals surface area contributed by atoms with Gasteiger partial charge in [0.25, 0.3) is 5.56 Å². The molecular formula is C27H26ClN3O5. The van der Waals surface area contributed by atoms with Gasteiger partial charge in [-0.05, 0) is 30.2 Å². The van der Waals surface area contributed by atoms with Crippen LogP contribution in [0.1, 0.15) is 16.7 Å². The topological polar surface area (TPSA) is 91.6 Å². The van der Waals surface area contributed by atoms with Gasteiger partial charge in [-0.2, -0.15) is 0 Å². The number of carbonyl (C=O) groups is 1. The van der Waals surface area contributed by atoms with Gasteiger partial charge in [0, 0.05) is 17.6 Å². The van der Waals surface area contributed by atoms with E-state index in [2.05, 4.69) is 5.32 Å². The lowest BCUT2D eigenvalue weighted by Gasteiger charge is -2.17. The molecule has 1 N–H and O–H groups in total. The van der Waals surface area contributed by atoms with Crippen molar-refractivity contribution in [3.05, 3.63) is 103 Å². The largest absolute Gasteiger partial charge is 0.493 e. The van der Waals surface area contributed by atoms with Crippen molar-refractivity contribution in [3.63, 3.8) is 0 Å². The van der Waals surface area contributed by atoms with Crippen LogP contribution >= 0.6 is 11.6 Å². The third-order valence-electron chi connectivity index (χ3n) is 5.93. The lowest BCUT2D eigenvalue weighted by Crippen LogP contribution is -2.42. The quantitative estimate of drug-likeness (QED) is 0.394. The van der Waals surface area contributed by atoms with E-state index in [1.807, 2.05) is 31.2 Å². The number of fused-ring (bicyclic) bond motifs is 1. The summed E-state index contributed by atoms with van der Waals surface area (Å²) >= 11 is 6.29. The number of aromatic nitrogens is 2. The molecule has 186 valence electrons. The number of benzene rings is 3. The molecule has 1 amide bonds. The minimum atomic E-state index is -0.634. The molecule has 1 aromatic heterocycles. The van der Waals surface area contributed by atoms with Gasteiger partial charge < -0.3 is 14.8 Å². The zero-order chi connectivity index (χ0) is 25.8. The minimum Gasteiger partial charge on any atom is -0.493 e. The van der Waals surface area contributed by atoms with E-state index in [0.29, 0.717) is 28.6 Å². The standard InChI is InChI=1S/C27H26ClN3O5/c1-17-8-10-18(11-9-17)14-29-25(32)16-30-22-13-24(36-3)23(35-2)12-20(22)26(33)31(27(30)34)15-19-6-4-5-7-21(19)28/h4-13H,14-16H2,1-3H3,(H,29,32). The van der Waals surface area contributed by atoms with Crippen molar-refractivity contribution in [1.29, 1.82) is 0 Å². The molecule has 0 bridgehead atoms.